The van der Waals surface area contributed by atoms with Crippen molar-refractivity contribution in [3.8, 4) is 0 Å². The molecule has 0 saturated heterocycles. The number of aliphatic hydroxyl groups excluding tert-OH is 1. The van der Waals surface area contributed by atoms with Crippen molar-refractivity contribution < 1.29 is 9.90 Å². The van der Waals surface area contributed by atoms with Crippen LogP contribution in [0.4, 0.5) is 0 Å². The second-order valence-corrected chi connectivity index (χ2v) is 7.81. The third kappa shape index (κ3) is 5.84. The predicted molar refractivity (Wildman–Crippen MR) is 104 cm³/mol. The van der Waals surface area contributed by atoms with Crippen molar-refractivity contribution in [2.75, 3.05) is 6.54 Å². The van der Waals surface area contributed by atoms with Crippen LogP contribution in [0.2, 0.25) is 0 Å². The van der Waals surface area contributed by atoms with Gasteiger partial charge in [-0.05, 0) is 23.8 Å². The van der Waals surface area contributed by atoms with Gasteiger partial charge in [0, 0.05) is 25.1 Å². The zero-order chi connectivity index (χ0) is 18.3. The molecule has 0 radical (unpaired) electrons. The number of aliphatic hydroxyl groups is 1. The SMILES string of the molecule is CCCCCCN=C1CC(C)(C)CC(=O)C1=C(O)Cc1ccccc1. The maximum atomic E-state index is 12.7. The number of carbonyl (C=O) groups is 1. The Bertz CT molecular complexity index is 641. The molecule has 1 aromatic rings. The fourth-order valence-electron chi connectivity index (χ4n) is 3.38. The Morgan fingerprint density at radius 3 is 2.52 bits per heavy atom. The number of rotatable bonds is 7. The van der Waals surface area contributed by atoms with Crippen LogP contribution >= 0.6 is 0 Å². The Hall–Kier alpha value is -1.90. The Kier molecular flexibility index (Phi) is 6.98. The number of unbranched alkanes of at least 4 members (excludes halogenated alkanes) is 3. The third-order valence-corrected chi connectivity index (χ3v) is 4.67. The van der Waals surface area contributed by atoms with Crippen LogP contribution in [-0.4, -0.2) is 23.1 Å². The summed E-state index contributed by atoms with van der Waals surface area (Å²) in [5, 5.41) is 10.7. The standard InChI is InChI=1S/C22H31NO2/c1-4-5-6-10-13-23-18-15-22(2,3)16-20(25)21(18)19(24)14-17-11-8-7-9-12-17/h7-9,11-12,24H,4-6,10,13-16H2,1-3H3. The second kappa shape index (κ2) is 8.98. The Morgan fingerprint density at radius 2 is 1.84 bits per heavy atom. The molecular weight excluding hydrogens is 310 g/mol. The monoisotopic (exact) mass is 341 g/mol. The van der Waals surface area contributed by atoms with Crippen molar-refractivity contribution in [2.45, 2.75) is 65.7 Å². The van der Waals surface area contributed by atoms with Crippen LogP contribution < -0.4 is 0 Å². The molecule has 0 atom stereocenters. The smallest absolute Gasteiger partial charge is 0.168 e. The Labute approximate surface area is 151 Å². The van der Waals surface area contributed by atoms with Gasteiger partial charge < -0.3 is 5.11 Å². The normalized spacial score (nSPS) is 20.8. The summed E-state index contributed by atoms with van der Waals surface area (Å²) in [4.78, 5) is 17.4. The van der Waals surface area contributed by atoms with E-state index in [1.54, 1.807) is 0 Å². The van der Waals surface area contributed by atoms with Gasteiger partial charge in [0.1, 0.15) is 5.76 Å². The summed E-state index contributed by atoms with van der Waals surface area (Å²) in [6.45, 7) is 7.13. The number of hydrogen-bond donors (Lipinski definition) is 1. The van der Waals surface area contributed by atoms with Crippen LogP contribution in [0, 0.1) is 5.41 Å². The number of hydrogen-bond acceptors (Lipinski definition) is 3. The Morgan fingerprint density at radius 1 is 1.12 bits per heavy atom. The van der Waals surface area contributed by atoms with Gasteiger partial charge in [0.25, 0.3) is 0 Å². The lowest BCUT2D eigenvalue weighted by Crippen LogP contribution is -2.33. The summed E-state index contributed by atoms with van der Waals surface area (Å²) >= 11 is 0. The minimum atomic E-state index is -0.0874. The van der Waals surface area contributed by atoms with Gasteiger partial charge in [0.2, 0.25) is 0 Å². The van der Waals surface area contributed by atoms with Crippen molar-refractivity contribution >= 4 is 11.5 Å². The van der Waals surface area contributed by atoms with E-state index < -0.39 is 0 Å². The van der Waals surface area contributed by atoms with E-state index >= 15 is 0 Å². The maximum absolute atomic E-state index is 12.7. The molecule has 1 fully saturated rings. The predicted octanol–water partition coefficient (Wildman–Crippen LogP) is 5.45. The number of ketones is 1. The lowest BCUT2D eigenvalue weighted by molar-refractivity contribution is -0.117. The molecule has 136 valence electrons. The molecule has 1 N–H and O–H groups in total. The van der Waals surface area contributed by atoms with Crippen LogP contribution in [0.15, 0.2) is 46.7 Å². The molecule has 25 heavy (non-hydrogen) atoms. The molecule has 0 amide bonds. The largest absolute Gasteiger partial charge is 0.511 e. The van der Waals surface area contributed by atoms with E-state index in [0.717, 1.165) is 30.7 Å². The van der Waals surface area contributed by atoms with E-state index in [0.29, 0.717) is 18.4 Å². The van der Waals surface area contributed by atoms with Crippen LogP contribution in [0.1, 0.15) is 64.9 Å². The molecule has 0 aliphatic heterocycles. The van der Waals surface area contributed by atoms with Gasteiger partial charge in [-0.2, -0.15) is 0 Å². The molecule has 2 rings (SSSR count). The molecule has 1 aliphatic carbocycles. The fraction of sp³-hybridized carbons (Fsp3) is 0.545. The van der Waals surface area contributed by atoms with E-state index in [-0.39, 0.29) is 17.0 Å². The summed E-state index contributed by atoms with van der Waals surface area (Å²) in [7, 11) is 0. The first-order valence-electron chi connectivity index (χ1n) is 9.46. The number of benzene rings is 1. The highest BCUT2D eigenvalue weighted by Crippen LogP contribution is 2.35. The van der Waals surface area contributed by atoms with Crippen molar-refractivity contribution in [3.05, 3.63) is 47.2 Å². The lowest BCUT2D eigenvalue weighted by atomic mass is 9.73. The molecule has 0 heterocycles. The van der Waals surface area contributed by atoms with Crippen molar-refractivity contribution in [1.82, 2.24) is 0 Å². The molecule has 3 heteroatoms. The molecule has 0 unspecified atom stereocenters. The second-order valence-electron chi connectivity index (χ2n) is 7.81. The van der Waals surface area contributed by atoms with Crippen molar-refractivity contribution in [3.63, 3.8) is 0 Å². The first kappa shape index (κ1) is 19.4. The van der Waals surface area contributed by atoms with E-state index in [1.807, 2.05) is 30.3 Å². The van der Waals surface area contributed by atoms with Gasteiger partial charge in [0.15, 0.2) is 5.78 Å². The van der Waals surface area contributed by atoms with Gasteiger partial charge in [-0.3, -0.25) is 9.79 Å². The van der Waals surface area contributed by atoms with Gasteiger partial charge in [-0.25, -0.2) is 0 Å². The molecule has 0 bridgehead atoms. The summed E-state index contributed by atoms with van der Waals surface area (Å²) in [6.07, 6.45) is 6.23. The quantitative estimate of drug-likeness (QED) is 0.407. The zero-order valence-electron chi connectivity index (χ0n) is 15.8. The third-order valence-electron chi connectivity index (χ3n) is 4.67. The van der Waals surface area contributed by atoms with Crippen molar-refractivity contribution in [2.24, 2.45) is 10.4 Å². The van der Waals surface area contributed by atoms with E-state index in [9.17, 15) is 9.90 Å². The highest BCUT2D eigenvalue weighted by Gasteiger charge is 2.36. The minimum absolute atomic E-state index is 0.0250. The average Bonchev–Trinajstić information content (AvgIpc) is 2.54. The average molecular weight is 341 g/mol. The highest BCUT2D eigenvalue weighted by molar-refractivity contribution is 6.24. The van der Waals surface area contributed by atoms with Gasteiger partial charge >= 0.3 is 0 Å². The summed E-state index contributed by atoms with van der Waals surface area (Å²) < 4.78 is 0. The number of Topliss-reactive ketones (excluding diaryl/α,β-unsaturated/α-hetero) is 1. The molecule has 1 saturated carbocycles. The molecule has 1 aromatic carbocycles. The molecule has 0 spiro atoms. The lowest BCUT2D eigenvalue weighted by Gasteiger charge is -2.31. The molecular formula is C22H31NO2. The van der Waals surface area contributed by atoms with Crippen LogP contribution in [0.5, 0.6) is 0 Å². The van der Waals surface area contributed by atoms with Gasteiger partial charge in [0.05, 0.1) is 5.57 Å². The van der Waals surface area contributed by atoms with E-state index in [1.165, 1.54) is 19.3 Å². The van der Waals surface area contributed by atoms with E-state index in [2.05, 4.69) is 20.8 Å². The summed E-state index contributed by atoms with van der Waals surface area (Å²) in [5.41, 5.74) is 2.19. The first-order chi connectivity index (χ1) is 11.9. The van der Waals surface area contributed by atoms with Gasteiger partial charge in [-0.1, -0.05) is 70.4 Å². The summed E-state index contributed by atoms with van der Waals surface area (Å²) in [6, 6.07) is 9.78. The molecule has 0 aromatic heterocycles. The van der Waals surface area contributed by atoms with Crippen LogP contribution in [0.3, 0.4) is 0 Å². The van der Waals surface area contributed by atoms with E-state index in [4.69, 9.17) is 4.99 Å². The molecule has 1 aliphatic rings. The Balaban J connectivity index is 2.22. The minimum Gasteiger partial charge on any atom is -0.511 e. The number of carbonyl (C=O) groups excluding carboxylic acids is 1. The number of nitrogens with zero attached hydrogens (tertiary/aromatic N) is 1. The molecule has 3 nitrogen and oxygen atoms in total. The van der Waals surface area contributed by atoms with Crippen molar-refractivity contribution in [1.29, 1.82) is 0 Å². The first-order valence-corrected chi connectivity index (χ1v) is 9.46. The highest BCUT2D eigenvalue weighted by atomic mass is 16.3. The topological polar surface area (TPSA) is 49.7 Å². The number of aliphatic imine (C=N–C) groups is 1. The summed E-state index contributed by atoms with van der Waals surface area (Å²) in [5.74, 6) is 0.191. The van der Waals surface area contributed by atoms with Crippen LogP contribution in [-0.2, 0) is 11.2 Å². The maximum Gasteiger partial charge on any atom is 0.168 e. The zero-order valence-corrected chi connectivity index (χ0v) is 15.8. The van der Waals surface area contributed by atoms with Gasteiger partial charge in [-0.15, -0.1) is 0 Å². The van der Waals surface area contributed by atoms with Crippen LogP contribution in [0.25, 0.3) is 0 Å². The number of allylic oxidation sites excluding steroid dienone is 2. The fourth-order valence-corrected chi connectivity index (χ4v) is 3.38.